The van der Waals surface area contributed by atoms with E-state index in [4.69, 9.17) is 0 Å². The Labute approximate surface area is 117 Å². The van der Waals surface area contributed by atoms with Crippen LogP contribution in [0.3, 0.4) is 0 Å². The number of anilines is 1. The molecular weight excluding hydrogens is 278 g/mol. The average molecular weight is 293 g/mol. The van der Waals surface area contributed by atoms with Crippen molar-refractivity contribution in [1.82, 2.24) is 0 Å². The van der Waals surface area contributed by atoms with Crippen LogP contribution in [-0.2, 0) is 10.0 Å². The second kappa shape index (κ2) is 5.59. The lowest BCUT2D eigenvalue weighted by Crippen LogP contribution is -2.30. The fourth-order valence-corrected chi connectivity index (χ4v) is 4.29. The molecule has 0 fully saturated rings. The first kappa shape index (κ1) is 13.8. The SMILES string of the molecule is C=CCN(c1cccc(C)c1)S(=O)(=O)c1cccs1. The topological polar surface area (TPSA) is 37.4 Å². The minimum atomic E-state index is -3.51. The third-order valence-corrected chi connectivity index (χ3v) is 5.79. The molecule has 0 aliphatic carbocycles. The van der Waals surface area contributed by atoms with E-state index in [2.05, 4.69) is 6.58 Å². The van der Waals surface area contributed by atoms with Crippen LogP contribution in [0, 0.1) is 6.92 Å². The van der Waals surface area contributed by atoms with Crippen molar-refractivity contribution in [1.29, 1.82) is 0 Å². The first-order valence-corrected chi connectivity index (χ1v) is 8.11. The number of nitrogens with zero attached hydrogens (tertiary/aromatic N) is 1. The van der Waals surface area contributed by atoms with E-state index in [1.807, 2.05) is 25.1 Å². The maximum atomic E-state index is 12.6. The lowest BCUT2D eigenvalue weighted by atomic mass is 10.2. The second-order valence-electron chi connectivity index (χ2n) is 4.10. The van der Waals surface area contributed by atoms with Gasteiger partial charge in [0.25, 0.3) is 10.0 Å². The summed E-state index contributed by atoms with van der Waals surface area (Å²) in [4.78, 5) is 0. The first-order valence-electron chi connectivity index (χ1n) is 5.79. The van der Waals surface area contributed by atoms with Gasteiger partial charge in [0.15, 0.2) is 0 Å². The van der Waals surface area contributed by atoms with Gasteiger partial charge in [-0.05, 0) is 36.1 Å². The van der Waals surface area contributed by atoms with Gasteiger partial charge < -0.3 is 0 Å². The predicted molar refractivity (Wildman–Crippen MR) is 80.2 cm³/mol. The van der Waals surface area contributed by atoms with Crippen LogP contribution in [-0.4, -0.2) is 15.0 Å². The molecule has 0 amide bonds. The van der Waals surface area contributed by atoms with Gasteiger partial charge in [-0.2, -0.15) is 0 Å². The van der Waals surface area contributed by atoms with E-state index >= 15 is 0 Å². The van der Waals surface area contributed by atoms with Gasteiger partial charge in [0, 0.05) is 0 Å². The molecule has 2 aromatic rings. The van der Waals surface area contributed by atoms with Crippen molar-refractivity contribution in [3.05, 3.63) is 60.0 Å². The molecule has 100 valence electrons. The van der Waals surface area contributed by atoms with Gasteiger partial charge in [-0.1, -0.05) is 24.3 Å². The maximum Gasteiger partial charge on any atom is 0.274 e. The Morgan fingerprint density at radius 3 is 2.68 bits per heavy atom. The van der Waals surface area contributed by atoms with Crippen LogP contribution >= 0.6 is 11.3 Å². The van der Waals surface area contributed by atoms with Gasteiger partial charge in [0.2, 0.25) is 0 Å². The number of sulfonamides is 1. The highest BCUT2D eigenvalue weighted by Crippen LogP contribution is 2.26. The Balaban J connectivity index is 2.49. The summed E-state index contributed by atoms with van der Waals surface area (Å²) in [5.74, 6) is 0. The van der Waals surface area contributed by atoms with Crippen molar-refractivity contribution < 1.29 is 8.42 Å². The van der Waals surface area contributed by atoms with Crippen LogP contribution < -0.4 is 4.31 Å². The summed E-state index contributed by atoms with van der Waals surface area (Å²) in [6, 6.07) is 10.8. The molecule has 2 rings (SSSR count). The van der Waals surface area contributed by atoms with E-state index in [1.54, 1.807) is 29.7 Å². The van der Waals surface area contributed by atoms with Crippen molar-refractivity contribution in [2.45, 2.75) is 11.1 Å². The van der Waals surface area contributed by atoms with Crippen LogP contribution in [0.4, 0.5) is 5.69 Å². The van der Waals surface area contributed by atoms with E-state index in [9.17, 15) is 8.42 Å². The van der Waals surface area contributed by atoms with Crippen LogP contribution in [0.15, 0.2) is 58.6 Å². The van der Waals surface area contributed by atoms with E-state index in [-0.39, 0.29) is 6.54 Å². The van der Waals surface area contributed by atoms with Gasteiger partial charge >= 0.3 is 0 Å². The Morgan fingerprint density at radius 2 is 2.11 bits per heavy atom. The van der Waals surface area contributed by atoms with E-state index in [1.165, 1.54) is 15.6 Å². The monoisotopic (exact) mass is 293 g/mol. The summed E-state index contributed by atoms with van der Waals surface area (Å²) >= 11 is 1.22. The van der Waals surface area contributed by atoms with Gasteiger partial charge in [0.1, 0.15) is 4.21 Å². The zero-order chi connectivity index (χ0) is 13.9. The van der Waals surface area contributed by atoms with Crippen LogP contribution in [0.1, 0.15) is 5.56 Å². The zero-order valence-corrected chi connectivity index (χ0v) is 12.2. The highest BCUT2D eigenvalue weighted by molar-refractivity contribution is 7.94. The molecule has 0 saturated heterocycles. The Morgan fingerprint density at radius 1 is 1.32 bits per heavy atom. The van der Waals surface area contributed by atoms with Crippen LogP contribution in [0.2, 0.25) is 0 Å². The van der Waals surface area contributed by atoms with Gasteiger partial charge in [-0.3, -0.25) is 4.31 Å². The largest absolute Gasteiger partial charge is 0.274 e. The lowest BCUT2D eigenvalue weighted by molar-refractivity contribution is 0.595. The van der Waals surface area contributed by atoms with Gasteiger partial charge in [-0.25, -0.2) is 8.42 Å². The molecule has 0 N–H and O–H groups in total. The standard InChI is InChI=1S/C14H15NO2S2/c1-3-9-15(13-7-4-6-12(2)11-13)19(16,17)14-8-5-10-18-14/h3-8,10-11H,1,9H2,2H3. The summed E-state index contributed by atoms with van der Waals surface area (Å²) in [5, 5.41) is 1.76. The molecule has 1 aromatic heterocycles. The molecule has 0 aliphatic heterocycles. The molecule has 19 heavy (non-hydrogen) atoms. The third-order valence-electron chi connectivity index (χ3n) is 2.62. The molecule has 1 aromatic carbocycles. The van der Waals surface area contributed by atoms with Crippen molar-refractivity contribution in [2.24, 2.45) is 0 Å². The molecule has 0 radical (unpaired) electrons. The second-order valence-corrected chi connectivity index (χ2v) is 7.13. The highest BCUT2D eigenvalue weighted by atomic mass is 32.2. The summed E-state index contributed by atoms with van der Waals surface area (Å²) in [5.41, 5.74) is 1.68. The molecule has 0 spiro atoms. The maximum absolute atomic E-state index is 12.6. The van der Waals surface area contributed by atoms with E-state index in [0.29, 0.717) is 9.90 Å². The molecule has 5 heteroatoms. The predicted octanol–water partition coefficient (Wildman–Crippen LogP) is 3.44. The molecular formula is C14H15NO2S2. The number of rotatable bonds is 5. The minimum Gasteiger partial charge on any atom is -0.262 e. The number of hydrogen-bond acceptors (Lipinski definition) is 3. The zero-order valence-electron chi connectivity index (χ0n) is 10.6. The minimum absolute atomic E-state index is 0.254. The van der Waals surface area contributed by atoms with Gasteiger partial charge in [-0.15, -0.1) is 17.9 Å². The summed E-state index contributed by atoms with van der Waals surface area (Å²) in [6.07, 6.45) is 1.59. The van der Waals surface area contributed by atoms with Crippen molar-refractivity contribution in [2.75, 3.05) is 10.8 Å². The number of hydrogen-bond donors (Lipinski definition) is 0. The normalized spacial score (nSPS) is 11.2. The lowest BCUT2D eigenvalue weighted by Gasteiger charge is -2.22. The molecule has 0 aliphatic rings. The fraction of sp³-hybridized carbons (Fsp3) is 0.143. The number of benzene rings is 1. The van der Waals surface area contributed by atoms with Crippen molar-refractivity contribution >= 4 is 27.0 Å². The smallest absolute Gasteiger partial charge is 0.262 e. The number of aryl methyl sites for hydroxylation is 1. The van der Waals surface area contributed by atoms with E-state index < -0.39 is 10.0 Å². The Bertz CT molecular complexity index is 661. The quantitative estimate of drug-likeness (QED) is 0.792. The summed E-state index contributed by atoms with van der Waals surface area (Å²) in [6.45, 7) is 5.83. The molecule has 0 atom stereocenters. The molecule has 0 unspecified atom stereocenters. The molecule has 0 saturated carbocycles. The average Bonchev–Trinajstić information content (AvgIpc) is 2.90. The Kier molecular flexibility index (Phi) is 4.07. The van der Waals surface area contributed by atoms with Crippen molar-refractivity contribution in [3.63, 3.8) is 0 Å². The third kappa shape index (κ3) is 2.88. The highest BCUT2D eigenvalue weighted by Gasteiger charge is 2.24. The van der Waals surface area contributed by atoms with Gasteiger partial charge in [0.05, 0.1) is 12.2 Å². The first-order chi connectivity index (χ1) is 9.05. The summed E-state index contributed by atoms with van der Waals surface area (Å²) in [7, 11) is -3.51. The Hall–Kier alpha value is -1.59. The summed E-state index contributed by atoms with van der Waals surface area (Å²) < 4.78 is 26.9. The molecule has 1 heterocycles. The van der Waals surface area contributed by atoms with E-state index in [0.717, 1.165) is 5.56 Å². The van der Waals surface area contributed by atoms with Crippen LogP contribution in [0.5, 0.6) is 0 Å². The molecule has 3 nitrogen and oxygen atoms in total. The fourth-order valence-electron chi connectivity index (χ4n) is 1.76. The number of thiophene rings is 1. The van der Waals surface area contributed by atoms with Crippen LogP contribution in [0.25, 0.3) is 0 Å². The molecule has 0 bridgehead atoms. The van der Waals surface area contributed by atoms with Crippen molar-refractivity contribution in [3.8, 4) is 0 Å².